The molecule has 14 heavy (non-hydrogen) atoms. The van der Waals surface area contributed by atoms with E-state index in [1.54, 1.807) is 0 Å². The summed E-state index contributed by atoms with van der Waals surface area (Å²) in [4.78, 5) is 11.6. The van der Waals surface area contributed by atoms with Crippen LogP contribution in [0.2, 0.25) is 0 Å². The van der Waals surface area contributed by atoms with Gasteiger partial charge in [0, 0.05) is 9.74 Å². The van der Waals surface area contributed by atoms with E-state index in [0.29, 0.717) is 0 Å². The molecule has 2 unspecified atom stereocenters. The number of carbonyl (C=O) groups excluding carboxylic acids is 1. The highest BCUT2D eigenvalue weighted by Gasteiger charge is 2.59. The van der Waals surface area contributed by atoms with Crippen molar-refractivity contribution in [3.05, 3.63) is 0 Å². The molecule has 4 fully saturated rings. The Labute approximate surface area is 97.7 Å². The van der Waals surface area contributed by atoms with Crippen molar-refractivity contribution < 1.29 is 4.79 Å². The van der Waals surface area contributed by atoms with E-state index in [0.717, 1.165) is 31.1 Å². The first-order valence-corrected chi connectivity index (χ1v) is 6.57. The molecule has 0 N–H and O–H groups in total. The molecular weight excluding hydrogens is 263 g/mol. The molecule has 0 aliphatic heterocycles. The third-order valence-electron chi connectivity index (χ3n) is 4.41. The second-order valence-electron chi connectivity index (χ2n) is 5.67. The monoisotopic (exact) mass is 276 g/mol. The number of halogens is 2. The normalized spacial score (nSPS) is 55.0. The van der Waals surface area contributed by atoms with Crippen molar-refractivity contribution in [2.75, 3.05) is 0 Å². The Morgan fingerprint density at radius 1 is 1.21 bits per heavy atom. The van der Waals surface area contributed by atoms with Gasteiger partial charge in [-0.05, 0) is 62.0 Å². The second-order valence-corrected chi connectivity index (χ2v) is 7.69. The minimum absolute atomic E-state index is 0.0737. The summed E-state index contributed by atoms with van der Waals surface area (Å²) in [6.45, 7) is 0. The summed E-state index contributed by atoms with van der Waals surface area (Å²) >= 11 is 9.65. The summed E-state index contributed by atoms with van der Waals surface area (Å²) in [7, 11) is 0. The van der Waals surface area contributed by atoms with Crippen molar-refractivity contribution in [3.63, 3.8) is 0 Å². The first-order chi connectivity index (χ1) is 6.51. The largest absolute Gasteiger partial charge is 0.281 e. The molecule has 2 atom stereocenters. The number of hydrogen-bond donors (Lipinski definition) is 0. The van der Waals surface area contributed by atoms with Crippen LogP contribution in [0.25, 0.3) is 0 Å². The van der Waals surface area contributed by atoms with Crippen LogP contribution in [-0.4, -0.2) is 9.57 Å². The first-order valence-electron chi connectivity index (χ1n) is 5.40. The van der Waals surface area contributed by atoms with E-state index < -0.39 is 0 Å². The molecule has 0 aromatic heterocycles. The Kier molecular flexibility index (Phi) is 1.90. The van der Waals surface area contributed by atoms with E-state index in [2.05, 4.69) is 15.9 Å². The van der Waals surface area contributed by atoms with Gasteiger partial charge in [-0.3, -0.25) is 4.79 Å². The van der Waals surface area contributed by atoms with E-state index in [9.17, 15) is 4.79 Å². The van der Waals surface area contributed by atoms with Crippen LogP contribution in [0, 0.1) is 17.3 Å². The third-order valence-corrected chi connectivity index (χ3v) is 5.74. The van der Waals surface area contributed by atoms with E-state index in [-0.39, 0.29) is 15.0 Å². The van der Waals surface area contributed by atoms with Gasteiger partial charge in [0.1, 0.15) is 0 Å². The zero-order valence-electron chi connectivity index (χ0n) is 8.06. The highest BCUT2D eigenvalue weighted by molar-refractivity contribution is 9.10. The van der Waals surface area contributed by atoms with Crippen LogP contribution in [0.15, 0.2) is 0 Å². The van der Waals surface area contributed by atoms with Crippen LogP contribution in [-0.2, 0) is 4.79 Å². The summed E-state index contributed by atoms with van der Waals surface area (Å²) in [5.74, 6) is 1.50. The average molecular weight is 278 g/mol. The summed E-state index contributed by atoms with van der Waals surface area (Å²) in [6, 6.07) is 0. The standard InChI is InChI=1S/C11H14BrClO/c12-11-4-7-1-8(5-11)3-10(2-7,6-11)9(13)14/h7-8H,1-6H2. The lowest BCUT2D eigenvalue weighted by Gasteiger charge is -2.58. The quantitative estimate of drug-likeness (QED) is 0.530. The zero-order chi connectivity index (χ0) is 9.97. The molecule has 4 rings (SSSR count). The molecule has 4 aliphatic carbocycles. The predicted octanol–water partition coefficient (Wildman–Crippen LogP) is 3.49. The van der Waals surface area contributed by atoms with Crippen molar-refractivity contribution in [2.45, 2.75) is 42.8 Å². The number of hydrogen-bond acceptors (Lipinski definition) is 1. The maximum atomic E-state index is 11.6. The number of rotatable bonds is 1. The molecule has 0 radical (unpaired) electrons. The van der Waals surface area contributed by atoms with Crippen LogP contribution in [0.4, 0.5) is 0 Å². The fourth-order valence-corrected chi connectivity index (χ4v) is 6.05. The van der Waals surface area contributed by atoms with Gasteiger partial charge < -0.3 is 0 Å². The van der Waals surface area contributed by atoms with Crippen molar-refractivity contribution in [1.82, 2.24) is 0 Å². The lowest BCUT2D eigenvalue weighted by Crippen LogP contribution is -2.54. The van der Waals surface area contributed by atoms with Gasteiger partial charge in [-0.15, -0.1) is 0 Å². The molecule has 1 nitrogen and oxygen atoms in total. The highest BCUT2D eigenvalue weighted by Crippen LogP contribution is 2.64. The molecular formula is C11H14BrClO. The second kappa shape index (κ2) is 2.76. The Balaban J connectivity index is 2.00. The SMILES string of the molecule is O=C(Cl)C12CC3CC(CC(Br)(C3)C1)C2. The van der Waals surface area contributed by atoms with E-state index >= 15 is 0 Å². The molecule has 0 amide bonds. The van der Waals surface area contributed by atoms with Crippen LogP contribution in [0.3, 0.4) is 0 Å². The summed E-state index contributed by atoms with van der Waals surface area (Å²) in [6.07, 6.45) is 6.94. The van der Waals surface area contributed by atoms with Crippen LogP contribution >= 0.6 is 27.5 Å². The molecule has 0 aromatic rings. The van der Waals surface area contributed by atoms with Crippen LogP contribution in [0.5, 0.6) is 0 Å². The molecule has 4 saturated carbocycles. The lowest BCUT2D eigenvalue weighted by atomic mass is 9.50. The molecule has 0 heterocycles. The molecule has 4 bridgehead atoms. The van der Waals surface area contributed by atoms with Crippen molar-refractivity contribution in [2.24, 2.45) is 17.3 Å². The minimum Gasteiger partial charge on any atom is -0.281 e. The molecule has 4 aliphatic rings. The van der Waals surface area contributed by atoms with Crippen molar-refractivity contribution >= 4 is 32.8 Å². The summed E-state index contributed by atoms with van der Waals surface area (Å²) in [5.41, 5.74) is -0.158. The topological polar surface area (TPSA) is 17.1 Å². The Morgan fingerprint density at radius 3 is 2.21 bits per heavy atom. The van der Waals surface area contributed by atoms with E-state index in [1.807, 2.05) is 0 Å². The molecule has 0 saturated heterocycles. The van der Waals surface area contributed by atoms with Gasteiger partial charge in [0.25, 0.3) is 0 Å². The predicted molar refractivity (Wildman–Crippen MR) is 59.6 cm³/mol. The summed E-state index contributed by atoms with van der Waals surface area (Å²) in [5, 5.41) is -0.0737. The van der Waals surface area contributed by atoms with Gasteiger partial charge in [0.2, 0.25) is 5.24 Å². The van der Waals surface area contributed by atoms with Gasteiger partial charge in [-0.25, -0.2) is 0 Å². The Morgan fingerprint density at radius 2 is 1.79 bits per heavy atom. The fraction of sp³-hybridized carbons (Fsp3) is 0.909. The van der Waals surface area contributed by atoms with Gasteiger partial charge >= 0.3 is 0 Å². The lowest BCUT2D eigenvalue weighted by molar-refractivity contribution is -0.132. The Hall–Kier alpha value is 0.440. The van der Waals surface area contributed by atoms with Crippen molar-refractivity contribution in [3.8, 4) is 0 Å². The van der Waals surface area contributed by atoms with Gasteiger partial charge in [-0.2, -0.15) is 0 Å². The molecule has 0 aromatic carbocycles. The number of carbonyl (C=O) groups is 1. The third kappa shape index (κ3) is 1.23. The highest BCUT2D eigenvalue weighted by atomic mass is 79.9. The number of alkyl halides is 1. The summed E-state index contributed by atoms with van der Waals surface area (Å²) < 4.78 is 0.252. The zero-order valence-corrected chi connectivity index (χ0v) is 10.4. The minimum atomic E-state index is -0.158. The van der Waals surface area contributed by atoms with Crippen LogP contribution in [0.1, 0.15) is 38.5 Å². The van der Waals surface area contributed by atoms with Gasteiger partial charge in [0.15, 0.2) is 0 Å². The smallest absolute Gasteiger partial charge is 0.227 e. The molecule has 78 valence electrons. The molecule has 3 heteroatoms. The van der Waals surface area contributed by atoms with Gasteiger partial charge in [0.05, 0.1) is 0 Å². The first kappa shape index (κ1) is 9.65. The maximum Gasteiger partial charge on any atom is 0.227 e. The van der Waals surface area contributed by atoms with E-state index in [1.165, 1.54) is 19.3 Å². The maximum absolute atomic E-state index is 11.6. The van der Waals surface area contributed by atoms with Gasteiger partial charge in [-0.1, -0.05) is 15.9 Å². The molecule has 0 spiro atoms. The van der Waals surface area contributed by atoms with E-state index in [4.69, 9.17) is 11.6 Å². The fourth-order valence-electron chi connectivity index (χ4n) is 4.38. The van der Waals surface area contributed by atoms with Crippen LogP contribution < -0.4 is 0 Å². The van der Waals surface area contributed by atoms with Crippen molar-refractivity contribution in [1.29, 1.82) is 0 Å². The Bertz CT molecular complexity index is 288. The average Bonchev–Trinajstić information content (AvgIpc) is 1.98.